The molecule has 0 atom stereocenters. The largest absolute Gasteiger partial charge is 0.484 e. The minimum absolute atomic E-state index is 0.0467. The number of ether oxygens (including phenoxy) is 1. The maximum absolute atomic E-state index is 11.5. The molecule has 0 aliphatic heterocycles. The molecular weight excluding hydrogens is 334 g/mol. The summed E-state index contributed by atoms with van der Waals surface area (Å²) in [5, 5.41) is 14.3. The number of carbonyl (C=O) groups excluding carboxylic acids is 1. The minimum Gasteiger partial charge on any atom is -0.484 e. The monoisotopic (exact) mass is 353 g/mol. The van der Waals surface area contributed by atoms with Gasteiger partial charge in [0.1, 0.15) is 5.75 Å². The summed E-state index contributed by atoms with van der Waals surface area (Å²) < 4.78 is 6.47. The Balaban J connectivity index is 2.46. The van der Waals surface area contributed by atoms with Crippen LogP contribution in [0, 0.1) is 11.3 Å². The highest BCUT2D eigenvalue weighted by molar-refractivity contribution is 9.10. The van der Waals surface area contributed by atoms with Crippen LogP contribution < -0.4 is 15.4 Å². The van der Waals surface area contributed by atoms with Gasteiger partial charge in [-0.2, -0.15) is 5.26 Å². The topological polar surface area (TPSA) is 74.2 Å². The minimum atomic E-state index is -0.223. The number of carbonyl (C=O) groups is 1. The van der Waals surface area contributed by atoms with Crippen LogP contribution in [0.5, 0.6) is 5.75 Å². The summed E-state index contributed by atoms with van der Waals surface area (Å²) in [6.07, 6.45) is 1.38. The number of benzene rings is 1. The average Bonchev–Trinajstić information content (AvgIpc) is 2.48. The maximum Gasteiger partial charge on any atom is 0.257 e. The van der Waals surface area contributed by atoms with E-state index in [2.05, 4.69) is 33.5 Å². The van der Waals surface area contributed by atoms with Crippen LogP contribution in [0.2, 0.25) is 0 Å². The molecule has 1 amide bonds. The fourth-order valence-electron chi connectivity index (χ4n) is 1.63. The highest BCUT2D eigenvalue weighted by Crippen LogP contribution is 2.22. The Kier molecular flexibility index (Phi) is 8.48. The molecule has 114 valence electrons. The molecule has 0 aliphatic carbocycles. The van der Waals surface area contributed by atoms with Crippen molar-refractivity contribution in [2.24, 2.45) is 0 Å². The van der Waals surface area contributed by atoms with Gasteiger partial charge in [0, 0.05) is 17.6 Å². The highest BCUT2D eigenvalue weighted by Gasteiger charge is 2.05. The van der Waals surface area contributed by atoms with E-state index in [9.17, 15) is 4.79 Å². The summed E-state index contributed by atoms with van der Waals surface area (Å²) >= 11 is 3.50. The van der Waals surface area contributed by atoms with Crippen molar-refractivity contribution in [3.8, 4) is 11.8 Å². The maximum atomic E-state index is 11.5. The van der Waals surface area contributed by atoms with Crippen LogP contribution >= 0.6 is 15.9 Å². The number of rotatable bonds is 9. The molecule has 1 aromatic carbocycles. The Morgan fingerprint density at radius 1 is 1.43 bits per heavy atom. The third-order valence-corrected chi connectivity index (χ3v) is 3.46. The first-order valence-corrected chi connectivity index (χ1v) is 7.72. The second-order valence-corrected chi connectivity index (χ2v) is 5.33. The predicted molar refractivity (Wildman–Crippen MR) is 84.9 cm³/mol. The number of halogens is 1. The summed E-state index contributed by atoms with van der Waals surface area (Å²) in [5.41, 5.74) is 1.09. The van der Waals surface area contributed by atoms with Crippen molar-refractivity contribution in [1.29, 1.82) is 5.26 Å². The number of hydrogen-bond donors (Lipinski definition) is 2. The van der Waals surface area contributed by atoms with Crippen molar-refractivity contribution in [3.63, 3.8) is 0 Å². The van der Waals surface area contributed by atoms with Crippen molar-refractivity contribution < 1.29 is 9.53 Å². The quantitative estimate of drug-likeness (QED) is 0.668. The molecule has 0 aliphatic rings. The fraction of sp³-hybridized carbons (Fsp3) is 0.467. The van der Waals surface area contributed by atoms with E-state index in [4.69, 9.17) is 10.00 Å². The van der Waals surface area contributed by atoms with E-state index in [-0.39, 0.29) is 12.5 Å². The molecular formula is C15H20BrN3O2. The fourth-order valence-corrected chi connectivity index (χ4v) is 2.02. The molecule has 0 fully saturated rings. The van der Waals surface area contributed by atoms with Crippen molar-refractivity contribution in [3.05, 3.63) is 28.2 Å². The average molecular weight is 354 g/mol. The van der Waals surface area contributed by atoms with E-state index in [1.165, 1.54) is 0 Å². The molecule has 21 heavy (non-hydrogen) atoms. The van der Waals surface area contributed by atoms with Gasteiger partial charge in [-0.1, -0.05) is 22.9 Å². The second kappa shape index (κ2) is 10.2. The number of hydrogen-bond acceptors (Lipinski definition) is 4. The van der Waals surface area contributed by atoms with Crippen molar-refractivity contribution in [1.82, 2.24) is 10.6 Å². The predicted octanol–water partition coefficient (Wildman–Crippen LogP) is 2.36. The van der Waals surface area contributed by atoms with Gasteiger partial charge in [-0.05, 0) is 36.7 Å². The van der Waals surface area contributed by atoms with Crippen LogP contribution in [-0.4, -0.2) is 25.6 Å². The first-order valence-electron chi connectivity index (χ1n) is 6.93. The number of nitrogens with one attached hydrogen (secondary N) is 2. The smallest absolute Gasteiger partial charge is 0.257 e. The standard InChI is InChI=1S/C15H20BrN3O2/c1-2-7-18-10-12-9-13(4-5-14(12)16)21-11-15(20)19-8-3-6-17/h4-5,9,18H,2-3,7-8,10-11H2,1H3,(H,19,20). The van der Waals surface area contributed by atoms with Crippen LogP contribution in [0.1, 0.15) is 25.3 Å². The number of nitriles is 1. The van der Waals surface area contributed by atoms with Gasteiger partial charge in [0.05, 0.1) is 12.5 Å². The lowest BCUT2D eigenvalue weighted by molar-refractivity contribution is -0.123. The Morgan fingerprint density at radius 3 is 2.95 bits per heavy atom. The van der Waals surface area contributed by atoms with Gasteiger partial charge in [-0.3, -0.25) is 4.79 Å². The number of nitrogens with zero attached hydrogens (tertiary/aromatic N) is 1. The zero-order valence-electron chi connectivity index (χ0n) is 12.1. The number of amides is 1. The van der Waals surface area contributed by atoms with Gasteiger partial charge in [-0.25, -0.2) is 0 Å². The third-order valence-electron chi connectivity index (χ3n) is 2.69. The van der Waals surface area contributed by atoms with Crippen LogP contribution in [0.25, 0.3) is 0 Å². The van der Waals surface area contributed by atoms with Gasteiger partial charge >= 0.3 is 0 Å². The lowest BCUT2D eigenvalue weighted by Crippen LogP contribution is -2.29. The molecule has 1 rings (SSSR count). The van der Waals surface area contributed by atoms with E-state index in [1.807, 2.05) is 24.3 Å². The van der Waals surface area contributed by atoms with Crippen LogP contribution in [0.3, 0.4) is 0 Å². The van der Waals surface area contributed by atoms with Crippen molar-refractivity contribution in [2.75, 3.05) is 19.7 Å². The first-order chi connectivity index (χ1) is 10.2. The van der Waals surface area contributed by atoms with E-state index in [0.717, 1.165) is 29.5 Å². The Morgan fingerprint density at radius 2 is 2.24 bits per heavy atom. The molecule has 0 unspecified atom stereocenters. The lowest BCUT2D eigenvalue weighted by Gasteiger charge is -2.10. The Bertz CT molecular complexity index is 500. The Labute approximate surface area is 133 Å². The zero-order valence-corrected chi connectivity index (χ0v) is 13.7. The summed E-state index contributed by atoms with van der Waals surface area (Å²) in [5.74, 6) is 0.431. The van der Waals surface area contributed by atoms with Gasteiger partial charge in [0.25, 0.3) is 5.91 Å². The molecule has 0 spiro atoms. The molecule has 0 saturated carbocycles. The molecule has 0 heterocycles. The molecule has 0 radical (unpaired) electrons. The first kappa shape index (κ1) is 17.5. The van der Waals surface area contributed by atoms with Crippen molar-refractivity contribution in [2.45, 2.75) is 26.3 Å². The summed E-state index contributed by atoms with van der Waals surface area (Å²) in [6, 6.07) is 7.60. The van der Waals surface area contributed by atoms with Crippen LogP contribution in [0.15, 0.2) is 22.7 Å². The molecule has 0 saturated heterocycles. The van der Waals surface area contributed by atoms with Crippen LogP contribution in [0.4, 0.5) is 0 Å². The zero-order chi connectivity index (χ0) is 15.5. The van der Waals surface area contributed by atoms with Gasteiger partial charge in [0.15, 0.2) is 6.61 Å². The van der Waals surface area contributed by atoms with E-state index >= 15 is 0 Å². The van der Waals surface area contributed by atoms with Crippen LogP contribution in [-0.2, 0) is 11.3 Å². The normalized spacial score (nSPS) is 9.95. The molecule has 6 heteroatoms. The van der Waals surface area contributed by atoms with Gasteiger partial charge < -0.3 is 15.4 Å². The lowest BCUT2D eigenvalue weighted by atomic mass is 10.2. The molecule has 2 N–H and O–H groups in total. The van der Waals surface area contributed by atoms with Gasteiger partial charge in [-0.15, -0.1) is 0 Å². The molecule has 0 bridgehead atoms. The third kappa shape index (κ3) is 7.11. The molecule has 5 nitrogen and oxygen atoms in total. The molecule has 1 aromatic rings. The molecule has 0 aromatic heterocycles. The van der Waals surface area contributed by atoms with E-state index in [0.29, 0.717) is 18.7 Å². The summed E-state index contributed by atoms with van der Waals surface area (Å²) in [4.78, 5) is 11.5. The van der Waals surface area contributed by atoms with Crippen molar-refractivity contribution >= 4 is 21.8 Å². The van der Waals surface area contributed by atoms with E-state index in [1.54, 1.807) is 0 Å². The second-order valence-electron chi connectivity index (χ2n) is 4.48. The van der Waals surface area contributed by atoms with Gasteiger partial charge in [0.2, 0.25) is 0 Å². The van der Waals surface area contributed by atoms with E-state index < -0.39 is 0 Å². The highest BCUT2D eigenvalue weighted by atomic mass is 79.9. The SMILES string of the molecule is CCCNCc1cc(OCC(=O)NCCC#N)ccc1Br. The summed E-state index contributed by atoms with van der Waals surface area (Å²) in [6.45, 7) is 4.13. The summed E-state index contributed by atoms with van der Waals surface area (Å²) in [7, 11) is 0. The Hall–Kier alpha value is -1.58.